The SMILES string of the molecule is CC(C)N(C)C(=O)C1CSCN1C(=O)c1ccc(Cl)c(S(=O)(=O)N2CCCCCC2)c1. The van der Waals surface area contributed by atoms with Crippen molar-refractivity contribution in [2.24, 2.45) is 0 Å². The molecule has 1 unspecified atom stereocenters. The van der Waals surface area contributed by atoms with Crippen LogP contribution in [0.5, 0.6) is 0 Å². The largest absolute Gasteiger partial charge is 0.342 e. The second kappa shape index (κ2) is 10.1. The van der Waals surface area contributed by atoms with Crippen molar-refractivity contribution in [3.8, 4) is 0 Å². The highest BCUT2D eigenvalue weighted by atomic mass is 35.5. The van der Waals surface area contributed by atoms with Gasteiger partial charge in [0.15, 0.2) is 0 Å². The van der Waals surface area contributed by atoms with Crippen LogP contribution in [-0.4, -0.2) is 78.2 Å². The van der Waals surface area contributed by atoms with Crippen LogP contribution < -0.4 is 0 Å². The van der Waals surface area contributed by atoms with Crippen LogP contribution in [0.4, 0.5) is 0 Å². The van der Waals surface area contributed by atoms with Crippen molar-refractivity contribution in [3.63, 3.8) is 0 Å². The highest BCUT2D eigenvalue weighted by molar-refractivity contribution is 7.99. The minimum absolute atomic E-state index is 0.0240. The summed E-state index contributed by atoms with van der Waals surface area (Å²) in [6.07, 6.45) is 3.64. The summed E-state index contributed by atoms with van der Waals surface area (Å²) in [6.45, 7) is 4.76. The molecule has 3 rings (SSSR count). The monoisotopic (exact) mass is 487 g/mol. The number of carbonyl (C=O) groups is 2. The molecule has 0 aromatic heterocycles. The fourth-order valence-corrected chi connectivity index (χ4v) is 6.92. The van der Waals surface area contributed by atoms with Crippen molar-refractivity contribution >= 4 is 45.2 Å². The molecule has 2 aliphatic heterocycles. The summed E-state index contributed by atoms with van der Waals surface area (Å²) >= 11 is 7.78. The van der Waals surface area contributed by atoms with Crippen LogP contribution in [0.2, 0.25) is 5.02 Å². The van der Waals surface area contributed by atoms with Gasteiger partial charge in [-0.05, 0) is 44.9 Å². The predicted molar refractivity (Wildman–Crippen MR) is 124 cm³/mol. The number of hydrogen-bond donors (Lipinski definition) is 0. The molecule has 2 amide bonds. The lowest BCUT2D eigenvalue weighted by atomic mass is 10.1. The maximum absolute atomic E-state index is 13.3. The summed E-state index contributed by atoms with van der Waals surface area (Å²) in [5.41, 5.74) is 0.227. The van der Waals surface area contributed by atoms with E-state index in [1.165, 1.54) is 39.2 Å². The van der Waals surface area contributed by atoms with Crippen LogP contribution in [0.3, 0.4) is 0 Å². The molecule has 0 saturated carbocycles. The first-order chi connectivity index (χ1) is 14.6. The van der Waals surface area contributed by atoms with Crippen LogP contribution in [0, 0.1) is 0 Å². The number of amides is 2. The molecular weight excluding hydrogens is 458 g/mol. The van der Waals surface area contributed by atoms with Crippen molar-refractivity contribution in [1.29, 1.82) is 0 Å². The third-order valence-electron chi connectivity index (χ3n) is 5.91. The van der Waals surface area contributed by atoms with Gasteiger partial charge in [-0.1, -0.05) is 24.4 Å². The van der Waals surface area contributed by atoms with E-state index < -0.39 is 16.1 Å². The van der Waals surface area contributed by atoms with Crippen LogP contribution >= 0.6 is 23.4 Å². The van der Waals surface area contributed by atoms with E-state index in [1.54, 1.807) is 11.9 Å². The Morgan fingerprint density at radius 2 is 1.81 bits per heavy atom. The van der Waals surface area contributed by atoms with Gasteiger partial charge in [0.05, 0.1) is 10.9 Å². The Morgan fingerprint density at radius 1 is 1.16 bits per heavy atom. The number of nitrogens with zero attached hydrogens (tertiary/aromatic N) is 3. The van der Waals surface area contributed by atoms with Crippen molar-refractivity contribution < 1.29 is 18.0 Å². The minimum atomic E-state index is -3.80. The molecule has 0 radical (unpaired) electrons. The van der Waals surface area contributed by atoms with Crippen molar-refractivity contribution in [1.82, 2.24) is 14.1 Å². The molecule has 1 aromatic rings. The molecule has 2 heterocycles. The van der Waals surface area contributed by atoms with Gasteiger partial charge < -0.3 is 9.80 Å². The molecule has 0 N–H and O–H groups in total. The molecule has 2 saturated heterocycles. The maximum atomic E-state index is 13.3. The molecule has 2 aliphatic rings. The van der Waals surface area contributed by atoms with E-state index in [0.717, 1.165) is 25.7 Å². The van der Waals surface area contributed by atoms with E-state index in [0.29, 0.717) is 24.7 Å². The zero-order chi connectivity index (χ0) is 22.8. The molecule has 1 aromatic carbocycles. The number of likely N-dealkylation sites (N-methyl/N-ethyl adjacent to an activating group) is 1. The summed E-state index contributed by atoms with van der Waals surface area (Å²) in [5, 5.41) is 0.101. The van der Waals surface area contributed by atoms with E-state index in [4.69, 9.17) is 11.6 Å². The summed E-state index contributed by atoms with van der Waals surface area (Å²) in [4.78, 5) is 29.2. The number of rotatable bonds is 5. The summed E-state index contributed by atoms with van der Waals surface area (Å²) in [7, 11) is -2.07. The van der Waals surface area contributed by atoms with Crippen molar-refractivity contribution in [3.05, 3.63) is 28.8 Å². The van der Waals surface area contributed by atoms with Gasteiger partial charge >= 0.3 is 0 Å². The molecular formula is C21H30ClN3O4S2. The molecule has 31 heavy (non-hydrogen) atoms. The lowest BCUT2D eigenvalue weighted by Crippen LogP contribution is -2.49. The van der Waals surface area contributed by atoms with E-state index >= 15 is 0 Å². The molecule has 2 fully saturated rings. The number of sulfonamides is 1. The van der Waals surface area contributed by atoms with Crippen LogP contribution in [-0.2, 0) is 14.8 Å². The van der Waals surface area contributed by atoms with Gasteiger partial charge in [0.25, 0.3) is 5.91 Å². The zero-order valence-corrected chi connectivity index (χ0v) is 20.6. The smallest absolute Gasteiger partial charge is 0.255 e. The van der Waals surface area contributed by atoms with Gasteiger partial charge in [-0.3, -0.25) is 9.59 Å². The Morgan fingerprint density at radius 3 is 2.42 bits per heavy atom. The molecule has 172 valence electrons. The van der Waals surface area contributed by atoms with Crippen LogP contribution in [0.1, 0.15) is 49.9 Å². The van der Waals surface area contributed by atoms with E-state index in [-0.39, 0.29) is 33.3 Å². The Balaban J connectivity index is 1.88. The minimum Gasteiger partial charge on any atom is -0.342 e. The first-order valence-electron chi connectivity index (χ1n) is 10.6. The number of halogens is 1. The molecule has 0 aliphatic carbocycles. The Labute approximate surface area is 194 Å². The highest BCUT2D eigenvalue weighted by Gasteiger charge is 2.38. The summed E-state index contributed by atoms with van der Waals surface area (Å²) in [6, 6.07) is 3.81. The standard InChI is InChI=1S/C21H30ClN3O4S2/c1-15(2)23(3)21(27)18-13-30-14-25(18)20(26)16-8-9-17(22)19(12-16)31(28,29)24-10-6-4-5-7-11-24/h8-9,12,15,18H,4-7,10-11,13-14H2,1-3H3. The van der Waals surface area contributed by atoms with Gasteiger partial charge in [0.1, 0.15) is 10.9 Å². The second-order valence-corrected chi connectivity index (χ2v) is 11.6. The molecule has 0 bridgehead atoms. The molecule has 10 heteroatoms. The third kappa shape index (κ3) is 5.21. The van der Waals surface area contributed by atoms with E-state index in [9.17, 15) is 18.0 Å². The topological polar surface area (TPSA) is 78.0 Å². The third-order valence-corrected chi connectivity index (χ3v) is 9.30. The molecule has 7 nitrogen and oxygen atoms in total. The summed E-state index contributed by atoms with van der Waals surface area (Å²) in [5.74, 6) is 0.441. The number of benzene rings is 1. The average Bonchev–Trinajstić information content (AvgIpc) is 3.05. The second-order valence-electron chi connectivity index (χ2n) is 8.30. The van der Waals surface area contributed by atoms with Gasteiger partial charge in [0, 0.05) is 37.5 Å². The van der Waals surface area contributed by atoms with Gasteiger partial charge in [-0.2, -0.15) is 4.31 Å². The quantitative estimate of drug-likeness (QED) is 0.636. The van der Waals surface area contributed by atoms with E-state index in [1.807, 2.05) is 13.8 Å². The lowest BCUT2D eigenvalue weighted by Gasteiger charge is -2.29. The number of thioether (sulfide) groups is 1. The van der Waals surface area contributed by atoms with Crippen molar-refractivity contribution in [2.45, 2.75) is 56.5 Å². The predicted octanol–water partition coefficient (Wildman–Crippen LogP) is 3.29. The Hall–Kier alpha value is -1.29. The Bertz CT molecular complexity index is 931. The summed E-state index contributed by atoms with van der Waals surface area (Å²) < 4.78 is 28.0. The van der Waals surface area contributed by atoms with Crippen LogP contribution in [0.15, 0.2) is 23.1 Å². The maximum Gasteiger partial charge on any atom is 0.255 e. The van der Waals surface area contributed by atoms with E-state index in [2.05, 4.69) is 0 Å². The molecule has 0 spiro atoms. The lowest BCUT2D eigenvalue weighted by molar-refractivity contribution is -0.135. The van der Waals surface area contributed by atoms with Gasteiger partial charge in [-0.15, -0.1) is 11.8 Å². The Kier molecular flexibility index (Phi) is 7.94. The van der Waals surface area contributed by atoms with Crippen LogP contribution in [0.25, 0.3) is 0 Å². The first kappa shape index (κ1) is 24.4. The fraction of sp³-hybridized carbons (Fsp3) is 0.619. The van der Waals surface area contributed by atoms with Gasteiger partial charge in [-0.25, -0.2) is 8.42 Å². The number of carbonyl (C=O) groups excluding carboxylic acids is 2. The van der Waals surface area contributed by atoms with Gasteiger partial charge in [0.2, 0.25) is 15.9 Å². The zero-order valence-electron chi connectivity index (χ0n) is 18.2. The normalized spacial score (nSPS) is 20.7. The molecule has 1 atom stereocenters. The average molecular weight is 488 g/mol. The fourth-order valence-electron chi connectivity index (χ4n) is 3.76. The highest BCUT2D eigenvalue weighted by Crippen LogP contribution is 2.30. The number of hydrogen-bond acceptors (Lipinski definition) is 5. The first-order valence-corrected chi connectivity index (χ1v) is 13.6. The van der Waals surface area contributed by atoms with Crippen molar-refractivity contribution in [2.75, 3.05) is 31.8 Å².